The van der Waals surface area contributed by atoms with E-state index in [0.29, 0.717) is 26.2 Å². The van der Waals surface area contributed by atoms with Crippen LogP contribution >= 0.6 is 0 Å². The molecule has 2 heterocycles. The third-order valence-electron chi connectivity index (χ3n) is 4.26. The Morgan fingerprint density at radius 3 is 2.21 bits per heavy atom. The minimum Gasteiger partial charge on any atom is -0.438 e. The van der Waals surface area contributed by atoms with Crippen molar-refractivity contribution in [3.63, 3.8) is 0 Å². The highest BCUT2D eigenvalue weighted by molar-refractivity contribution is 7.89. The van der Waals surface area contributed by atoms with Gasteiger partial charge < -0.3 is 14.2 Å². The van der Waals surface area contributed by atoms with E-state index in [0.717, 1.165) is 5.69 Å². The van der Waals surface area contributed by atoms with Gasteiger partial charge in [0.1, 0.15) is 5.82 Å². The summed E-state index contributed by atoms with van der Waals surface area (Å²) in [6, 6.07) is 8.89. The lowest BCUT2D eigenvalue weighted by atomic mass is 10.1. The second-order valence-electron chi connectivity index (χ2n) is 7.73. The Labute approximate surface area is 164 Å². The Kier molecular flexibility index (Phi) is 5.49. The van der Waals surface area contributed by atoms with Crippen molar-refractivity contribution < 1.29 is 22.0 Å². The fourth-order valence-electron chi connectivity index (χ4n) is 3.01. The minimum absolute atomic E-state index is 0.00971. The number of rotatable bonds is 4. The number of piperazine rings is 1. The number of halogens is 1. The highest BCUT2D eigenvalue weighted by Gasteiger charge is 2.28. The Morgan fingerprint density at radius 2 is 1.64 bits per heavy atom. The third-order valence-corrected chi connectivity index (χ3v) is 5.89. The van der Waals surface area contributed by atoms with Crippen LogP contribution in [0.4, 0.5) is 10.1 Å². The summed E-state index contributed by atoms with van der Waals surface area (Å²) in [5.74, 6) is -0.650. The zero-order valence-electron chi connectivity index (χ0n) is 16.1. The number of carbonyl (C=O) groups is 1. The molecular weight excluding hydrogens is 385 g/mol. The molecule has 9 heteroatoms. The summed E-state index contributed by atoms with van der Waals surface area (Å²) in [6.45, 7) is 7.27. The molecule has 1 aliphatic heterocycles. The van der Waals surface area contributed by atoms with Crippen LogP contribution in [0.3, 0.4) is 0 Å². The number of nitrogens with one attached hydrogen (secondary N) is 1. The molecule has 0 radical (unpaired) electrons. The second kappa shape index (κ2) is 7.56. The van der Waals surface area contributed by atoms with Crippen molar-refractivity contribution >= 4 is 21.6 Å². The van der Waals surface area contributed by atoms with Crippen molar-refractivity contribution in [2.75, 3.05) is 31.1 Å². The maximum Gasteiger partial charge on any atom is 0.289 e. The Bertz CT molecular complexity index is 940. The van der Waals surface area contributed by atoms with Gasteiger partial charge in [0.05, 0.1) is 0 Å². The number of benzene rings is 1. The van der Waals surface area contributed by atoms with Gasteiger partial charge >= 0.3 is 0 Å². The topological polar surface area (TPSA) is 82.9 Å². The molecule has 1 fully saturated rings. The van der Waals surface area contributed by atoms with Crippen LogP contribution in [-0.2, 0) is 10.0 Å². The van der Waals surface area contributed by atoms with E-state index in [4.69, 9.17) is 4.42 Å². The van der Waals surface area contributed by atoms with Crippen LogP contribution in [0, 0.1) is 5.82 Å². The first-order valence-electron chi connectivity index (χ1n) is 8.99. The summed E-state index contributed by atoms with van der Waals surface area (Å²) in [7, 11) is -3.84. The monoisotopic (exact) mass is 409 g/mol. The van der Waals surface area contributed by atoms with Crippen molar-refractivity contribution in [3.8, 4) is 0 Å². The molecular formula is C19H24FN3O4S. The number of amides is 1. The first-order valence-corrected chi connectivity index (χ1v) is 10.5. The third kappa shape index (κ3) is 4.71. The normalized spacial score (nSPS) is 15.7. The van der Waals surface area contributed by atoms with Gasteiger partial charge in [-0.2, -0.15) is 0 Å². The molecule has 0 saturated carbocycles. The average molecular weight is 409 g/mol. The van der Waals surface area contributed by atoms with Crippen LogP contribution in [0.25, 0.3) is 0 Å². The SMILES string of the molecule is CC(C)(C)NS(=O)(=O)c1ccc(C(=O)N2CCN(c3ccc(F)cc3)CC2)o1. The molecule has 28 heavy (non-hydrogen) atoms. The number of hydrogen-bond acceptors (Lipinski definition) is 5. The van der Waals surface area contributed by atoms with Gasteiger partial charge in [-0.15, -0.1) is 0 Å². The van der Waals surface area contributed by atoms with E-state index in [1.807, 2.05) is 0 Å². The smallest absolute Gasteiger partial charge is 0.289 e. The van der Waals surface area contributed by atoms with E-state index in [1.54, 1.807) is 37.8 Å². The Hall–Kier alpha value is -2.39. The maximum absolute atomic E-state index is 13.1. The first-order chi connectivity index (χ1) is 13.0. The Morgan fingerprint density at radius 1 is 1.04 bits per heavy atom. The van der Waals surface area contributed by atoms with Crippen molar-refractivity contribution in [2.45, 2.75) is 31.4 Å². The van der Waals surface area contributed by atoms with E-state index in [9.17, 15) is 17.6 Å². The average Bonchev–Trinajstić information content (AvgIpc) is 3.11. The maximum atomic E-state index is 13.1. The lowest BCUT2D eigenvalue weighted by Gasteiger charge is -2.35. The van der Waals surface area contributed by atoms with Gasteiger partial charge in [0, 0.05) is 37.4 Å². The van der Waals surface area contributed by atoms with Gasteiger partial charge in [0.15, 0.2) is 5.76 Å². The summed E-state index contributed by atoms with van der Waals surface area (Å²) in [5, 5.41) is -0.282. The summed E-state index contributed by atoms with van der Waals surface area (Å²) in [6.07, 6.45) is 0. The zero-order valence-corrected chi connectivity index (χ0v) is 16.9. The lowest BCUT2D eigenvalue weighted by molar-refractivity contribution is 0.0709. The number of anilines is 1. The van der Waals surface area contributed by atoms with Crippen molar-refractivity contribution in [1.82, 2.24) is 9.62 Å². The molecule has 0 atom stereocenters. The number of sulfonamides is 1. The van der Waals surface area contributed by atoms with E-state index in [-0.39, 0.29) is 22.6 Å². The highest BCUT2D eigenvalue weighted by Crippen LogP contribution is 2.20. The van der Waals surface area contributed by atoms with Crippen LogP contribution in [0.2, 0.25) is 0 Å². The molecule has 3 rings (SSSR count). The molecule has 0 bridgehead atoms. The fourth-order valence-corrected chi connectivity index (χ4v) is 4.36. The molecule has 7 nitrogen and oxygen atoms in total. The largest absolute Gasteiger partial charge is 0.438 e. The molecule has 1 saturated heterocycles. The molecule has 0 aliphatic carbocycles. The number of furan rings is 1. The molecule has 152 valence electrons. The number of nitrogens with zero attached hydrogens (tertiary/aromatic N) is 2. The van der Waals surface area contributed by atoms with Gasteiger partial charge in [0.2, 0.25) is 5.09 Å². The zero-order chi connectivity index (χ0) is 20.5. The summed E-state index contributed by atoms with van der Waals surface area (Å²) >= 11 is 0. The van der Waals surface area contributed by atoms with Crippen LogP contribution in [0.1, 0.15) is 31.3 Å². The standard InChI is InChI=1S/C19H24FN3O4S/c1-19(2,3)21-28(25,26)17-9-8-16(27-17)18(24)23-12-10-22(11-13-23)15-6-4-14(20)5-7-15/h4-9,21H,10-13H2,1-3H3. The quantitative estimate of drug-likeness (QED) is 0.839. The van der Waals surface area contributed by atoms with Crippen molar-refractivity contribution in [1.29, 1.82) is 0 Å². The van der Waals surface area contributed by atoms with E-state index >= 15 is 0 Å². The predicted molar refractivity (Wildman–Crippen MR) is 103 cm³/mol. The van der Waals surface area contributed by atoms with Gasteiger partial charge in [-0.3, -0.25) is 4.79 Å². The van der Waals surface area contributed by atoms with Gasteiger partial charge in [-0.1, -0.05) is 0 Å². The highest BCUT2D eigenvalue weighted by atomic mass is 32.2. The van der Waals surface area contributed by atoms with E-state index in [1.165, 1.54) is 24.3 Å². The first kappa shape index (κ1) is 20.3. The minimum atomic E-state index is -3.84. The van der Waals surface area contributed by atoms with Crippen LogP contribution in [-0.4, -0.2) is 50.9 Å². The molecule has 1 N–H and O–H groups in total. The fraction of sp³-hybridized carbons (Fsp3) is 0.421. The van der Waals surface area contributed by atoms with Crippen LogP contribution in [0.15, 0.2) is 45.9 Å². The van der Waals surface area contributed by atoms with E-state index in [2.05, 4.69) is 9.62 Å². The summed E-state index contributed by atoms with van der Waals surface area (Å²) in [4.78, 5) is 16.3. The van der Waals surface area contributed by atoms with Crippen molar-refractivity contribution in [3.05, 3.63) is 48.0 Å². The molecule has 0 unspecified atom stereocenters. The van der Waals surface area contributed by atoms with Crippen LogP contribution in [0.5, 0.6) is 0 Å². The number of carbonyl (C=O) groups excluding carboxylic acids is 1. The predicted octanol–water partition coefficient (Wildman–Crippen LogP) is 2.46. The number of hydrogen-bond donors (Lipinski definition) is 1. The summed E-state index contributed by atoms with van der Waals surface area (Å²) < 4.78 is 45.5. The molecule has 1 amide bonds. The van der Waals surface area contributed by atoms with Crippen molar-refractivity contribution in [2.24, 2.45) is 0 Å². The van der Waals surface area contributed by atoms with Gasteiger partial charge in [-0.05, 0) is 57.2 Å². The summed E-state index contributed by atoms with van der Waals surface area (Å²) in [5.41, 5.74) is 0.236. The molecule has 0 spiro atoms. The van der Waals surface area contributed by atoms with Gasteiger partial charge in [0.25, 0.3) is 15.9 Å². The molecule has 1 aromatic carbocycles. The van der Waals surface area contributed by atoms with Gasteiger partial charge in [-0.25, -0.2) is 17.5 Å². The molecule has 2 aromatic rings. The second-order valence-corrected chi connectivity index (χ2v) is 9.34. The van der Waals surface area contributed by atoms with E-state index < -0.39 is 15.6 Å². The molecule has 1 aliphatic rings. The lowest BCUT2D eigenvalue weighted by Crippen LogP contribution is -2.48. The van der Waals surface area contributed by atoms with Crippen LogP contribution < -0.4 is 9.62 Å². The Balaban J connectivity index is 1.64. The molecule has 1 aromatic heterocycles.